The first kappa shape index (κ1) is 15.7. The molecule has 0 aliphatic carbocycles. The highest BCUT2D eigenvalue weighted by Gasteiger charge is 2.20. The Bertz CT molecular complexity index is 721. The molecular formula is C14H18FN3O2S. The van der Waals surface area contributed by atoms with E-state index in [1.165, 1.54) is 18.3 Å². The van der Waals surface area contributed by atoms with Crippen molar-refractivity contribution < 1.29 is 12.8 Å². The van der Waals surface area contributed by atoms with Crippen molar-refractivity contribution in [2.75, 3.05) is 0 Å². The number of halogens is 1. The molecule has 0 amide bonds. The van der Waals surface area contributed by atoms with E-state index < -0.39 is 10.0 Å². The molecule has 0 atom stereocenters. The minimum atomic E-state index is -3.64. The lowest BCUT2D eigenvalue weighted by Crippen LogP contribution is -2.23. The molecule has 2 rings (SSSR count). The molecule has 0 radical (unpaired) electrons. The molecule has 0 unspecified atom stereocenters. The average Bonchev–Trinajstić information content (AvgIpc) is 2.81. The molecule has 1 aromatic heterocycles. The van der Waals surface area contributed by atoms with Crippen molar-refractivity contribution in [1.29, 1.82) is 0 Å². The number of benzene rings is 1. The summed E-state index contributed by atoms with van der Waals surface area (Å²) in [5.41, 5.74) is 1.14. The van der Waals surface area contributed by atoms with Gasteiger partial charge in [-0.25, -0.2) is 17.5 Å². The third-order valence-electron chi connectivity index (χ3n) is 3.07. The van der Waals surface area contributed by atoms with Gasteiger partial charge < -0.3 is 0 Å². The molecule has 1 aromatic carbocycles. The SMILES string of the molecule is Cc1nn(C(C)C)cc1S(=O)(=O)NCc1ccc(F)cc1. The van der Waals surface area contributed by atoms with Crippen molar-refractivity contribution in [3.63, 3.8) is 0 Å². The van der Waals surface area contributed by atoms with Gasteiger partial charge in [0.1, 0.15) is 10.7 Å². The van der Waals surface area contributed by atoms with Gasteiger partial charge in [-0.2, -0.15) is 5.10 Å². The molecular weight excluding hydrogens is 293 g/mol. The van der Waals surface area contributed by atoms with Crippen LogP contribution < -0.4 is 4.72 Å². The van der Waals surface area contributed by atoms with Gasteiger partial charge in [-0.05, 0) is 38.5 Å². The van der Waals surface area contributed by atoms with Crippen LogP contribution in [0.25, 0.3) is 0 Å². The molecule has 114 valence electrons. The van der Waals surface area contributed by atoms with Crippen LogP contribution in [0.4, 0.5) is 4.39 Å². The maximum Gasteiger partial charge on any atom is 0.244 e. The summed E-state index contributed by atoms with van der Waals surface area (Å²) in [6.45, 7) is 5.61. The van der Waals surface area contributed by atoms with Crippen LogP contribution in [0.1, 0.15) is 31.1 Å². The van der Waals surface area contributed by atoms with E-state index in [4.69, 9.17) is 0 Å². The fraction of sp³-hybridized carbons (Fsp3) is 0.357. The quantitative estimate of drug-likeness (QED) is 0.922. The van der Waals surface area contributed by atoms with Crippen LogP contribution in [-0.2, 0) is 16.6 Å². The second-order valence-corrected chi connectivity index (χ2v) is 6.84. The number of hydrogen-bond donors (Lipinski definition) is 1. The zero-order valence-electron chi connectivity index (χ0n) is 12.2. The van der Waals surface area contributed by atoms with Gasteiger partial charge in [0.2, 0.25) is 10.0 Å². The van der Waals surface area contributed by atoms with Gasteiger partial charge in [-0.1, -0.05) is 12.1 Å². The predicted octanol–water partition coefficient (Wildman–Crippen LogP) is 2.39. The molecule has 0 bridgehead atoms. The summed E-state index contributed by atoms with van der Waals surface area (Å²) in [5.74, 6) is -0.351. The zero-order chi connectivity index (χ0) is 15.6. The lowest BCUT2D eigenvalue weighted by molar-refractivity contribution is 0.528. The monoisotopic (exact) mass is 311 g/mol. The summed E-state index contributed by atoms with van der Waals surface area (Å²) in [4.78, 5) is 0.165. The van der Waals surface area contributed by atoms with Gasteiger partial charge in [0.15, 0.2) is 0 Å². The normalized spacial score (nSPS) is 12.0. The number of nitrogens with one attached hydrogen (secondary N) is 1. The first-order valence-electron chi connectivity index (χ1n) is 6.59. The number of nitrogens with zero attached hydrogens (tertiary/aromatic N) is 2. The van der Waals surface area contributed by atoms with Crippen LogP contribution in [0.2, 0.25) is 0 Å². The minimum absolute atomic E-state index is 0.0877. The molecule has 2 aromatic rings. The molecule has 1 N–H and O–H groups in total. The Morgan fingerprint density at radius 1 is 1.29 bits per heavy atom. The van der Waals surface area contributed by atoms with Crippen LogP contribution in [0.15, 0.2) is 35.4 Å². The molecule has 0 spiro atoms. The second-order valence-electron chi connectivity index (χ2n) is 5.10. The molecule has 0 fully saturated rings. The first-order valence-corrected chi connectivity index (χ1v) is 8.08. The lowest BCUT2D eigenvalue weighted by atomic mass is 10.2. The summed E-state index contributed by atoms with van der Waals surface area (Å²) >= 11 is 0. The van der Waals surface area contributed by atoms with Crippen LogP contribution in [0, 0.1) is 12.7 Å². The van der Waals surface area contributed by atoms with E-state index in [9.17, 15) is 12.8 Å². The molecule has 1 heterocycles. The lowest BCUT2D eigenvalue weighted by Gasteiger charge is -2.06. The summed E-state index contributed by atoms with van der Waals surface area (Å²) in [5, 5.41) is 4.19. The maximum absolute atomic E-state index is 12.8. The van der Waals surface area contributed by atoms with Gasteiger partial charge in [0.05, 0.1) is 5.69 Å². The average molecular weight is 311 g/mol. The fourth-order valence-corrected chi connectivity index (χ4v) is 3.04. The van der Waals surface area contributed by atoms with Gasteiger partial charge in [-0.3, -0.25) is 4.68 Å². The van der Waals surface area contributed by atoms with E-state index >= 15 is 0 Å². The Morgan fingerprint density at radius 2 is 1.90 bits per heavy atom. The Balaban J connectivity index is 2.16. The van der Waals surface area contributed by atoms with Crippen molar-refractivity contribution in [1.82, 2.24) is 14.5 Å². The number of hydrogen-bond acceptors (Lipinski definition) is 3. The topological polar surface area (TPSA) is 64.0 Å². The molecule has 0 saturated carbocycles. The number of rotatable bonds is 5. The van der Waals surface area contributed by atoms with Gasteiger partial charge in [0.25, 0.3) is 0 Å². The molecule has 0 aliphatic heterocycles. The Kier molecular flexibility index (Phi) is 4.43. The molecule has 21 heavy (non-hydrogen) atoms. The largest absolute Gasteiger partial charge is 0.269 e. The van der Waals surface area contributed by atoms with E-state index in [0.29, 0.717) is 11.3 Å². The second kappa shape index (κ2) is 5.95. The Labute approximate surface area is 123 Å². The smallest absolute Gasteiger partial charge is 0.244 e. The zero-order valence-corrected chi connectivity index (χ0v) is 13.0. The highest BCUT2D eigenvalue weighted by Crippen LogP contribution is 2.16. The Hall–Kier alpha value is -1.73. The van der Waals surface area contributed by atoms with E-state index in [0.717, 1.165) is 0 Å². The minimum Gasteiger partial charge on any atom is -0.269 e. The Morgan fingerprint density at radius 3 is 2.43 bits per heavy atom. The van der Waals surface area contributed by atoms with Crippen molar-refractivity contribution >= 4 is 10.0 Å². The van der Waals surface area contributed by atoms with Gasteiger partial charge in [0, 0.05) is 18.8 Å². The van der Waals surface area contributed by atoms with Crippen LogP contribution in [-0.4, -0.2) is 18.2 Å². The summed E-state index contributed by atoms with van der Waals surface area (Å²) < 4.78 is 41.5. The highest BCUT2D eigenvalue weighted by atomic mass is 32.2. The van der Waals surface area contributed by atoms with E-state index in [1.807, 2.05) is 13.8 Å². The van der Waals surface area contributed by atoms with Crippen molar-refractivity contribution in [2.45, 2.75) is 38.3 Å². The van der Waals surface area contributed by atoms with Crippen molar-refractivity contribution in [2.24, 2.45) is 0 Å². The third kappa shape index (κ3) is 3.68. The standard InChI is InChI=1S/C14H18FN3O2S/c1-10(2)18-9-14(11(3)17-18)21(19,20)16-8-12-4-6-13(15)7-5-12/h4-7,9-10,16H,8H2,1-3H3. The maximum atomic E-state index is 12.8. The highest BCUT2D eigenvalue weighted by molar-refractivity contribution is 7.89. The summed E-state index contributed by atoms with van der Waals surface area (Å²) in [6, 6.07) is 5.77. The molecule has 7 heteroatoms. The van der Waals surface area contributed by atoms with Crippen LogP contribution >= 0.6 is 0 Å². The number of aryl methyl sites for hydroxylation is 1. The van der Waals surface area contributed by atoms with Gasteiger partial charge in [-0.15, -0.1) is 0 Å². The summed E-state index contributed by atoms with van der Waals surface area (Å²) in [6.07, 6.45) is 1.52. The van der Waals surface area contributed by atoms with E-state index in [2.05, 4.69) is 9.82 Å². The number of sulfonamides is 1. The molecule has 0 saturated heterocycles. The van der Waals surface area contributed by atoms with Crippen molar-refractivity contribution in [3.05, 3.63) is 47.5 Å². The van der Waals surface area contributed by atoms with Gasteiger partial charge >= 0.3 is 0 Å². The molecule has 5 nitrogen and oxygen atoms in total. The first-order chi connectivity index (χ1) is 9.79. The molecule has 0 aliphatic rings. The van der Waals surface area contributed by atoms with Crippen molar-refractivity contribution in [3.8, 4) is 0 Å². The van der Waals surface area contributed by atoms with E-state index in [1.54, 1.807) is 23.7 Å². The van der Waals surface area contributed by atoms with E-state index in [-0.39, 0.29) is 23.3 Å². The number of aromatic nitrogens is 2. The fourth-order valence-electron chi connectivity index (χ4n) is 1.85. The van der Waals surface area contributed by atoms with Crippen LogP contribution in [0.5, 0.6) is 0 Å². The summed E-state index contributed by atoms with van der Waals surface area (Å²) in [7, 11) is -3.64. The third-order valence-corrected chi connectivity index (χ3v) is 4.57. The predicted molar refractivity (Wildman–Crippen MR) is 77.8 cm³/mol. The van der Waals surface area contributed by atoms with Crippen LogP contribution in [0.3, 0.4) is 0 Å².